The van der Waals surface area contributed by atoms with Crippen molar-refractivity contribution in [3.63, 3.8) is 0 Å². The second-order valence-corrected chi connectivity index (χ2v) is 4.95. The van der Waals surface area contributed by atoms with E-state index >= 15 is 0 Å². The molecule has 1 atom stereocenters. The molecule has 1 aromatic rings. The Morgan fingerprint density at radius 2 is 1.88 bits per heavy atom. The molecule has 1 nitrogen and oxygen atoms in total. The first-order valence-electron chi connectivity index (χ1n) is 6.99. The molecule has 17 heavy (non-hydrogen) atoms. The first-order chi connectivity index (χ1) is 8.27. The second-order valence-electron chi connectivity index (χ2n) is 4.95. The molecule has 0 radical (unpaired) electrons. The maximum Gasteiger partial charge on any atom is 0.00672 e. The van der Waals surface area contributed by atoms with Gasteiger partial charge in [-0.1, -0.05) is 50.5 Å². The van der Waals surface area contributed by atoms with Crippen molar-refractivity contribution in [2.24, 2.45) is 0 Å². The Morgan fingerprint density at radius 3 is 2.53 bits per heavy atom. The summed E-state index contributed by atoms with van der Waals surface area (Å²) in [6, 6.07) is 9.42. The van der Waals surface area contributed by atoms with Gasteiger partial charge in [-0.15, -0.1) is 0 Å². The molecule has 0 spiro atoms. The van der Waals surface area contributed by atoms with Crippen LogP contribution in [0.5, 0.6) is 0 Å². The third-order valence-electron chi connectivity index (χ3n) is 3.59. The third kappa shape index (κ3) is 5.36. The summed E-state index contributed by atoms with van der Waals surface area (Å²) in [5, 5.41) is 3.45. The first kappa shape index (κ1) is 14.2. The average Bonchev–Trinajstić information content (AvgIpc) is 2.35. The van der Waals surface area contributed by atoms with Crippen molar-refractivity contribution < 1.29 is 0 Å². The third-order valence-corrected chi connectivity index (χ3v) is 3.59. The molecule has 0 amide bonds. The maximum atomic E-state index is 3.45. The number of nitrogens with one attached hydrogen (secondary N) is 1. The first-order valence-corrected chi connectivity index (χ1v) is 6.99. The van der Waals surface area contributed by atoms with Crippen molar-refractivity contribution >= 4 is 0 Å². The smallest absolute Gasteiger partial charge is 0.00672 e. The van der Waals surface area contributed by atoms with Gasteiger partial charge in [0.15, 0.2) is 0 Å². The topological polar surface area (TPSA) is 12.0 Å². The highest BCUT2D eigenvalue weighted by Crippen LogP contribution is 2.13. The van der Waals surface area contributed by atoms with E-state index in [0.717, 1.165) is 0 Å². The normalized spacial score (nSPS) is 12.6. The fourth-order valence-electron chi connectivity index (χ4n) is 2.29. The Kier molecular flexibility index (Phi) is 6.95. The molecule has 0 heterocycles. The summed E-state index contributed by atoms with van der Waals surface area (Å²) in [5.74, 6) is 0. The molecular weight excluding hydrogens is 206 g/mol. The lowest BCUT2D eigenvalue weighted by molar-refractivity contribution is 0.465. The van der Waals surface area contributed by atoms with Crippen molar-refractivity contribution in [3.05, 3.63) is 35.4 Å². The molecule has 0 aliphatic carbocycles. The molecule has 0 aromatic heterocycles. The van der Waals surface area contributed by atoms with Gasteiger partial charge in [-0.2, -0.15) is 0 Å². The lowest BCUT2D eigenvalue weighted by Crippen LogP contribution is -2.25. The summed E-state index contributed by atoms with van der Waals surface area (Å²) in [6.07, 6.45) is 7.80. The molecule has 96 valence electrons. The lowest BCUT2D eigenvalue weighted by atomic mass is 9.98. The van der Waals surface area contributed by atoms with E-state index in [4.69, 9.17) is 0 Å². The molecular formula is C16H27N. The van der Waals surface area contributed by atoms with E-state index in [1.54, 1.807) is 0 Å². The zero-order chi connectivity index (χ0) is 12.5. The Balaban J connectivity index is 2.34. The number of aryl methyl sites for hydroxylation is 2. The van der Waals surface area contributed by atoms with Gasteiger partial charge in [0.05, 0.1) is 0 Å². The van der Waals surface area contributed by atoms with Crippen LogP contribution in [0.4, 0.5) is 0 Å². The van der Waals surface area contributed by atoms with Crippen molar-refractivity contribution in [2.75, 3.05) is 7.05 Å². The highest BCUT2D eigenvalue weighted by atomic mass is 14.9. The monoisotopic (exact) mass is 233 g/mol. The summed E-state index contributed by atoms with van der Waals surface area (Å²) in [6.45, 7) is 4.47. The Morgan fingerprint density at radius 1 is 1.12 bits per heavy atom. The van der Waals surface area contributed by atoms with Crippen LogP contribution in [0.1, 0.15) is 50.2 Å². The van der Waals surface area contributed by atoms with Gasteiger partial charge < -0.3 is 5.32 Å². The van der Waals surface area contributed by atoms with Crippen LogP contribution in [0.15, 0.2) is 24.3 Å². The number of rotatable bonds is 8. The Bertz CT molecular complexity index is 306. The van der Waals surface area contributed by atoms with E-state index in [1.807, 2.05) is 0 Å². The molecule has 1 aromatic carbocycles. The van der Waals surface area contributed by atoms with Gasteiger partial charge in [0.1, 0.15) is 0 Å². The van der Waals surface area contributed by atoms with Crippen LogP contribution in [-0.4, -0.2) is 13.1 Å². The average molecular weight is 233 g/mol. The van der Waals surface area contributed by atoms with Gasteiger partial charge in [0.25, 0.3) is 0 Å². The van der Waals surface area contributed by atoms with E-state index in [0.29, 0.717) is 6.04 Å². The number of benzene rings is 1. The SMILES string of the molecule is CCCCCC(CCc1ccccc1C)NC. The van der Waals surface area contributed by atoms with Crippen LogP contribution in [0.25, 0.3) is 0 Å². The van der Waals surface area contributed by atoms with Crippen molar-refractivity contribution in [1.82, 2.24) is 5.32 Å². The summed E-state index contributed by atoms with van der Waals surface area (Å²) in [5.41, 5.74) is 2.93. The van der Waals surface area contributed by atoms with Crippen molar-refractivity contribution in [3.8, 4) is 0 Å². The molecule has 1 heteroatoms. The molecule has 0 aliphatic heterocycles. The summed E-state index contributed by atoms with van der Waals surface area (Å²) in [4.78, 5) is 0. The summed E-state index contributed by atoms with van der Waals surface area (Å²) < 4.78 is 0. The number of hydrogen-bond acceptors (Lipinski definition) is 1. The quantitative estimate of drug-likeness (QED) is 0.667. The van der Waals surface area contributed by atoms with Gasteiger partial charge in [-0.25, -0.2) is 0 Å². The molecule has 0 saturated heterocycles. The van der Waals surface area contributed by atoms with Crippen LogP contribution in [0.2, 0.25) is 0 Å². The highest BCUT2D eigenvalue weighted by Gasteiger charge is 2.06. The second kappa shape index (κ2) is 8.30. The van der Waals surface area contributed by atoms with Crippen LogP contribution in [0, 0.1) is 6.92 Å². The van der Waals surface area contributed by atoms with Crippen LogP contribution in [-0.2, 0) is 6.42 Å². The zero-order valence-electron chi connectivity index (χ0n) is 11.6. The minimum Gasteiger partial charge on any atom is -0.317 e. The summed E-state index contributed by atoms with van der Waals surface area (Å²) in [7, 11) is 2.09. The van der Waals surface area contributed by atoms with E-state index < -0.39 is 0 Å². The summed E-state index contributed by atoms with van der Waals surface area (Å²) >= 11 is 0. The largest absolute Gasteiger partial charge is 0.317 e. The van der Waals surface area contributed by atoms with E-state index in [9.17, 15) is 0 Å². The predicted molar refractivity (Wildman–Crippen MR) is 76.5 cm³/mol. The van der Waals surface area contributed by atoms with Gasteiger partial charge >= 0.3 is 0 Å². The Labute approximate surface area is 107 Å². The fraction of sp³-hybridized carbons (Fsp3) is 0.625. The molecule has 1 N–H and O–H groups in total. The predicted octanol–water partition coefficient (Wildman–Crippen LogP) is 4.10. The van der Waals surface area contributed by atoms with Crippen LogP contribution in [0.3, 0.4) is 0 Å². The standard InChI is InChI=1S/C16H27N/c1-4-5-6-11-16(17-3)13-12-15-10-8-7-9-14(15)2/h7-10,16-17H,4-6,11-13H2,1-3H3. The van der Waals surface area contributed by atoms with Gasteiger partial charge in [-0.05, 0) is 44.4 Å². The Hall–Kier alpha value is -0.820. The molecule has 0 aliphatic rings. The van der Waals surface area contributed by atoms with Crippen molar-refractivity contribution in [2.45, 2.75) is 58.4 Å². The molecule has 0 bridgehead atoms. The van der Waals surface area contributed by atoms with E-state index in [1.165, 1.54) is 49.7 Å². The lowest BCUT2D eigenvalue weighted by Gasteiger charge is -2.16. The fourth-order valence-corrected chi connectivity index (χ4v) is 2.29. The number of hydrogen-bond donors (Lipinski definition) is 1. The molecule has 1 unspecified atom stereocenters. The maximum absolute atomic E-state index is 3.45. The van der Waals surface area contributed by atoms with E-state index in [-0.39, 0.29) is 0 Å². The highest BCUT2D eigenvalue weighted by molar-refractivity contribution is 5.25. The zero-order valence-corrected chi connectivity index (χ0v) is 11.6. The molecule has 0 fully saturated rings. The van der Waals surface area contributed by atoms with Crippen molar-refractivity contribution in [1.29, 1.82) is 0 Å². The van der Waals surface area contributed by atoms with Gasteiger partial charge in [0, 0.05) is 6.04 Å². The number of unbranched alkanes of at least 4 members (excludes halogenated alkanes) is 2. The van der Waals surface area contributed by atoms with Gasteiger partial charge in [0.2, 0.25) is 0 Å². The van der Waals surface area contributed by atoms with E-state index in [2.05, 4.69) is 50.5 Å². The minimum atomic E-state index is 0.682. The molecule has 0 saturated carbocycles. The van der Waals surface area contributed by atoms with Crippen LogP contribution < -0.4 is 5.32 Å². The van der Waals surface area contributed by atoms with Crippen LogP contribution >= 0.6 is 0 Å². The minimum absolute atomic E-state index is 0.682. The van der Waals surface area contributed by atoms with Gasteiger partial charge in [-0.3, -0.25) is 0 Å². The molecule has 1 rings (SSSR count).